The standard InChI is InChI=1S/C18H22ClNO3/c1-3-4-5-8-11-20-16(13-9-6-7-10-14(13)19)15(12(2)21)17(22)18(20)23/h6-7,9-10,16,22H,3-5,8,11H2,1-2H3. The highest BCUT2D eigenvalue weighted by Gasteiger charge is 2.42. The zero-order valence-corrected chi connectivity index (χ0v) is 14.3. The number of carbonyl (C=O) groups is 2. The van der Waals surface area contributed by atoms with Crippen LogP contribution in [0.5, 0.6) is 0 Å². The normalized spacial score (nSPS) is 18.0. The zero-order valence-electron chi connectivity index (χ0n) is 13.5. The molecule has 1 amide bonds. The Labute approximate surface area is 141 Å². The summed E-state index contributed by atoms with van der Waals surface area (Å²) in [6.07, 6.45) is 4.03. The first-order valence-corrected chi connectivity index (χ1v) is 8.36. The average molecular weight is 336 g/mol. The Hall–Kier alpha value is -1.81. The second-order valence-corrected chi connectivity index (χ2v) is 6.21. The third kappa shape index (κ3) is 3.58. The number of hydrogen-bond donors (Lipinski definition) is 1. The molecule has 0 bridgehead atoms. The minimum atomic E-state index is -0.602. The number of unbranched alkanes of at least 4 members (excludes halogenated alkanes) is 3. The monoisotopic (exact) mass is 335 g/mol. The second-order valence-electron chi connectivity index (χ2n) is 5.80. The summed E-state index contributed by atoms with van der Waals surface area (Å²) in [6.45, 7) is 3.98. The fraction of sp³-hybridized carbons (Fsp3) is 0.444. The van der Waals surface area contributed by atoms with Crippen molar-refractivity contribution >= 4 is 23.3 Å². The number of carbonyl (C=O) groups excluding carboxylic acids is 2. The molecule has 0 radical (unpaired) electrons. The lowest BCUT2D eigenvalue weighted by Crippen LogP contribution is -2.32. The maximum atomic E-state index is 12.4. The number of amides is 1. The van der Waals surface area contributed by atoms with Crippen LogP contribution in [0.3, 0.4) is 0 Å². The van der Waals surface area contributed by atoms with Crippen molar-refractivity contribution in [1.82, 2.24) is 4.90 Å². The van der Waals surface area contributed by atoms with E-state index in [4.69, 9.17) is 11.6 Å². The highest BCUT2D eigenvalue weighted by molar-refractivity contribution is 6.31. The van der Waals surface area contributed by atoms with Gasteiger partial charge >= 0.3 is 0 Å². The van der Waals surface area contributed by atoms with Gasteiger partial charge in [0.05, 0.1) is 11.6 Å². The van der Waals surface area contributed by atoms with Crippen LogP contribution in [0.15, 0.2) is 35.6 Å². The van der Waals surface area contributed by atoms with Gasteiger partial charge in [-0.3, -0.25) is 9.59 Å². The second kappa shape index (κ2) is 7.64. The minimum absolute atomic E-state index is 0.138. The van der Waals surface area contributed by atoms with Crippen LogP contribution in [0.1, 0.15) is 51.1 Å². The number of Topliss-reactive ketones (excluding diaryl/α,β-unsaturated/α-hetero) is 1. The van der Waals surface area contributed by atoms with E-state index in [0.717, 1.165) is 25.7 Å². The molecule has 0 spiro atoms. The number of hydrogen-bond acceptors (Lipinski definition) is 3. The van der Waals surface area contributed by atoms with Crippen molar-refractivity contribution in [2.24, 2.45) is 0 Å². The van der Waals surface area contributed by atoms with Crippen LogP contribution in [-0.4, -0.2) is 28.2 Å². The minimum Gasteiger partial charge on any atom is -0.503 e. The summed E-state index contributed by atoms with van der Waals surface area (Å²) in [5.41, 5.74) is 0.811. The van der Waals surface area contributed by atoms with Crippen molar-refractivity contribution in [3.8, 4) is 0 Å². The van der Waals surface area contributed by atoms with E-state index in [0.29, 0.717) is 17.1 Å². The molecule has 1 aliphatic rings. The Bertz CT molecular complexity index is 639. The molecular weight excluding hydrogens is 314 g/mol. The Morgan fingerprint density at radius 2 is 1.96 bits per heavy atom. The van der Waals surface area contributed by atoms with Crippen molar-refractivity contribution in [3.05, 3.63) is 46.2 Å². The van der Waals surface area contributed by atoms with Gasteiger partial charge in [0.25, 0.3) is 5.91 Å². The summed E-state index contributed by atoms with van der Waals surface area (Å²) in [6, 6.07) is 6.53. The van der Waals surface area contributed by atoms with Crippen molar-refractivity contribution in [1.29, 1.82) is 0 Å². The van der Waals surface area contributed by atoms with Gasteiger partial charge in [-0.05, 0) is 25.0 Å². The molecule has 1 aliphatic heterocycles. The first kappa shape index (κ1) is 17.5. The Morgan fingerprint density at radius 1 is 1.26 bits per heavy atom. The predicted molar refractivity (Wildman–Crippen MR) is 90.4 cm³/mol. The van der Waals surface area contributed by atoms with E-state index in [1.165, 1.54) is 6.92 Å². The van der Waals surface area contributed by atoms with Crippen molar-refractivity contribution in [2.75, 3.05) is 6.54 Å². The molecular formula is C18H22ClNO3. The van der Waals surface area contributed by atoms with Gasteiger partial charge in [0, 0.05) is 11.6 Å². The summed E-state index contributed by atoms with van der Waals surface area (Å²) in [4.78, 5) is 25.9. The zero-order chi connectivity index (χ0) is 17.0. The van der Waals surface area contributed by atoms with E-state index >= 15 is 0 Å². The van der Waals surface area contributed by atoms with Gasteiger partial charge in [-0.25, -0.2) is 0 Å². The molecule has 1 aromatic rings. The van der Waals surface area contributed by atoms with E-state index in [9.17, 15) is 14.7 Å². The Kier molecular flexibility index (Phi) is 5.83. The molecule has 23 heavy (non-hydrogen) atoms. The molecule has 5 heteroatoms. The number of benzene rings is 1. The SMILES string of the molecule is CCCCCCN1C(=O)C(O)=C(C(C)=O)C1c1ccccc1Cl. The Balaban J connectivity index is 2.35. The van der Waals surface area contributed by atoms with Gasteiger partial charge < -0.3 is 10.0 Å². The molecule has 0 saturated carbocycles. The Morgan fingerprint density at radius 3 is 2.57 bits per heavy atom. The molecule has 1 N–H and O–H groups in total. The van der Waals surface area contributed by atoms with E-state index in [1.54, 1.807) is 23.1 Å². The van der Waals surface area contributed by atoms with Gasteiger partial charge in [-0.15, -0.1) is 0 Å². The van der Waals surface area contributed by atoms with E-state index in [2.05, 4.69) is 6.92 Å². The quantitative estimate of drug-likeness (QED) is 0.759. The van der Waals surface area contributed by atoms with Crippen LogP contribution in [0, 0.1) is 0 Å². The molecule has 1 atom stereocenters. The number of nitrogens with zero attached hydrogens (tertiary/aromatic N) is 1. The highest BCUT2D eigenvalue weighted by Crippen LogP contribution is 2.40. The molecule has 1 heterocycles. The first-order valence-electron chi connectivity index (χ1n) is 7.98. The topological polar surface area (TPSA) is 57.6 Å². The molecule has 0 saturated heterocycles. The van der Waals surface area contributed by atoms with Gasteiger partial charge in [-0.2, -0.15) is 0 Å². The van der Waals surface area contributed by atoms with Gasteiger partial charge in [0.1, 0.15) is 0 Å². The van der Waals surface area contributed by atoms with Gasteiger partial charge in [-0.1, -0.05) is 56.0 Å². The number of aliphatic hydroxyl groups excluding tert-OH is 1. The lowest BCUT2D eigenvalue weighted by molar-refractivity contribution is -0.129. The molecule has 0 fully saturated rings. The third-order valence-electron chi connectivity index (χ3n) is 4.14. The van der Waals surface area contributed by atoms with Crippen LogP contribution >= 0.6 is 11.6 Å². The summed E-state index contributed by atoms with van der Waals surface area (Å²) in [5, 5.41) is 10.6. The fourth-order valence-electron chi connectivity index (χ4n) is 2.97. The van der Waals surface area contributed by atoms with Gasteiger partial charge in [0.15, 0.2) is 11.5 Å². The van der Waals surface area contributed by atoms with E-state index < -0.39 is 17.7 Å². The van der Waals surface area contributed by atoms with E-state index in [1.807, 2.05) is 6.07 Å². The lowest BCUT2D eigenvalue weighted by Gasteiger charge is -2.27. The molecule has 1 unspecified atom stereocenters. The molecule has 2 rings (SSSR count). The number of rotatable bonds is 7. The van der Waals surface area contributed by atoms with Crippen LogP contribution in [0.25, 0.3) is 0 Å². The van der Waals surface area contributed by atoms with Crippen LogP contribution in [-0.2, 0) is 9.59 Å². The molecule has 0 aliphatic carbocycles. The molecule has 1 aromatic carbocycles. The molecule has 124 valence electrons. The van der Waals surface area contributed by atoms with Crippen LogP contribution < -0.4 is 0 Å². The third-order valence-corrected chi connectivity index (χ3v) is 4.48. The smallest absolute Gasteiger partial charge is 0.290 e. The van der Waals surface area contributed by atoms with E-state index in [-0.39, 0.29) is 11.4 Å². The number of ketones is 1. The summed E-state index contributed by atoms with van der Waals surface area (Å²) in [5.74, 6) is -1.24. The largest absolute Gasteiger partial charge is 0.503 e. The van der Waals surface area contributed by atoms with Crippen LogP contribution in [0.4, 0.5) is 0 Å². The average Bonchev–Trinajstić information content (AvgIpc) is 2.76. The summed E-state index contributed by atoms with van der Waals surface area (Å²) < 4.78 is 0. The predicted octanol–water partition coefficient (Wildman–Crippen LogP) is 4.20. The highest BCUT2D eigenvalue weighted by atomic mass is 35.5. The van der Waals surface area contributed by atoms with Gasteiger partial charge in [0.2, 0.25) is 0 Å². The van der Waals surface area contributed by atoms with Crippen molar-refractivity contribution < 1.29 is 14.7 Å². The summed E-state index contributed by atoms with van der Waals surface area (Å²) in [7, 11) is 0. The van der Waals surface area contributed by atoms with Crippen LogP contribution in [0.2, 0.25) is 5.02 Å². The molecule has 0 aromatic heterocycles. The maximum Gasteiger partial charge on any atom is 0.290 e. The number of halogens is 1. The maximum absolute atomic E-state index is 12.4. The summed E-state index contributed by atoms with van der Waals surface area (Å²) >= 11 is 6.27. The molecule has 4 nitrogen and oxygen atoms in total. The lowest BCUT2D eigenvalue weighted by atomic mass is 9.96. The van der Waals surface area contributed by atoms with Crippen molar-refractivity contribution in [2.45, 2.75) is 45.6 Å². The van der Waals surface area contributed by atoms with Crippen molar-refractivity contribution in [3.63, 3.8) is 0 Å². The fourth-order valence-corrected chi connectivity index (χ4v) is 3.21. The number of aliphatic hydroxyl groups is 1. The first-order chi connectivity index (χ1) is 11.0.